The maximum atomic E-state index is 9.94. The second-order valence-corrected chi connectivity index (χ2v) is 5.62. The molecule has 2 rings (SSSR count). The first-order valence-electron chi connectivity index (χ1n) is 5.03. The SMILES string of the molecule is Cc1csc(SCC(O)c2ccccc2)n1. The number of aliphatic hydroxyl groups is 1. The van der Waals surface area contributed by atoms with E-state index in [4.69, 9.17) is 0 Å². The first-order valence-corrected chi connectivity index (χ1v) is 6.90. The summed E-state index contributed by atoms with van der Waals surface area (Å²) in [7, 11) is 0. The van der Waals surface area contributed by atoms with Gasteiger partial charge < -0.3 is 5.11 Å². The zero-order valence-electron chi connectivity index (χ0n) is 8.96. The van der Waals surface area contributed by atoms with E-state index >= 15 is 0 Å². The Morgan fingerprint density at radius 3 is 2.75 bits per heavy atom. The lowest BCUT2D eigenvalue weighted by Crippen LogP contribution is -1.99. The number of thioether (sulfide) groups is 1. The van der Waals surface area contributed by atoms with Crippen molar-refractivity contribution in [3.8, 4) is 0 Å². The first-order chi connectivity index (χ1) is 7.75. The minimum absolute atomic E-state index is 0.421. The fraction of sp³-hybridized carbons (Fsp3) is 0.250. The molecule has 0 aliphatic rings. The molecule has 2 aromatic rings. The molecule has 1 N–H and O–H groups in total. The highest BCUT2D eigenvalue weighted by atomic mass is 32.2. The summed E-state index contributed by atoms with van der Waals surface area (Å²) in [5.41, 5.74) is 2.00. The van der Waals surface area contributed by atoms with E-state index in [9.17, 15) is 5.11 Å². The second-order valence-electron chi connectivity index (χ2n) is 3.49. The van der Waals surface area contributed by atoms with Crippen LogP contribution in [-0.2, 0) is 0 Å². The summed E-state index contributed by atoms with van der Waals surface area (Å²) in [4.78, 5) is 4.35. The first kappa shape index (κ1) is 11.6. The molecule has 0 aliphatic heterocycles. The fourth-order valence-electron chi connectivity index (χ4n) is 1.32. The summed E-state index contributed by atoms with van der Waals surface area (Å²) >= 11 is 3.23. The quantitative estimate of drug-likeness (QED) is 0.847. The number of benzene rings is 1. The van der Waals surface area contributed by atoms with Gasteiger partial charge in [-0.2, -0.15) is 0 Å². The van der Waals surface area contributed by atoms with Crippen LogP contribution in [0, 0.1) is 6.92 Å². The predicted molar refractivity (Wildman–Crippen MR) is 69.0 cm³/mol. The molecule has 0 radical (unpaired) electrons. The lowest BCUT2D eigenvalue weighted by atomic mass is 10.1. The number of rotatable bonds is 4. The van der Waals surface area contributed by atoms with Crippen LogP contribution in [0.1, 0.15) is 17.4 Å². The zero-order valence-corrected chi connectivity index (χ0v) is 10.6. The van der Waals surface area contributed by atoms with Crippen molar-refractivity contribution in [2.45, 2.75) is 17.4 Å². The molecule has 0 saturated carbocycles. The molecule has 84 valence electrons. The van der Waals surface area contributed by atoms with Crippen molar-refractivity contribution in [1.82, 2.24) is 4.98 Å². The summed E-state index contributed by atoms with van der Waals surface area (Å²) < 4.78 is 1.02. The number of aryl methyl sites for hydroxylation is 1. The van der Waals surface area contributed by atoms with Crippen molar-refractivity contribution in [3.05, 3.63) is 47.0 Å². The Kier molecular flexibility index (Phi) is 3.98. The van der Waals surface area contributed by atoms with Crippen LogP contribution in [0.4, 0.5) is 0 Å². The highest BCUT2D eigenvalue weighted by molar-refractivity contribution is 8.01. The Morgan fingerprint density at radius 1 is 1.38 bits per heavy atom. The van der Waals surface area contributed by atoms with Gasteiger partial charge in [0.05, 0.1) is 6.10 Å². The molecule has 16 heavy (non-hydrogen) atoms. The molecule has 0 amide bonds. The van der Waals surface area contributed by atoms with E-state index in [-0.39, 0.29) is 0 Å². The standard InChI is InChI=1S/C12H13NOS2/c1-9-7-15-12(13-9)16-8-11(14)10-5-3-2-4-6-10/h2-7,11,14H,8H2,1H3. The molecule has 0 aliphatic carbocycles. The molecule has 2 nitrogen and oxygen atoms in total. The molecule has 1 aromatic heterocycles. The number of thiazole rings is 1. The lowest BCUT2D eigenvalue weighted by molar-refractivity contribution is 0.204. The topological polar surface area (TPSA) is 33.1 Å². The Labute approximate surface area is 103 Å². The van der Waals surface area contributed by atoms with Gasteiger partial charge in [0.1, 0.15) is 4.34 Å². The van der Waals surface area contributed by atoms with Crippen LogP contribution in [0.15, 0.2) is 40.1 Å². The monoisotopic (exact) mass is 251 g/mol. The van der Waals surface area contributed by atoms with Gasteiger partial charge in [-0.15, -0.1) is 11.3 Å². The van der Waals surface area contributed by atoms with Crippen molar-refractivity contribution in [2.24, 2.45) is 0 Å². The van der Waals surface area contributed by atoms with Gasteiger partial charge in [-0.25, -0.2) is 4.98 Å². The molecule has 1 unspecified atom stereocenters. The van der Waals surface area contributed by atoms with E-state index in [0.717, 1.165) is 15.6 Å². The molecule has 0 bridgehead atoms. The van der Waals surface area contributed by atoms with E-state index in [1.165, 1.54) is 0 Å². The Balaban J connectivity index is 1.91. The van der Waals surface area contributed by atoms with E-state index < -0.39 is 6.10 Å². The van der Waals surface area contributed by atoms with E-state index in [2.05, 4.69) is 4.98 Å². The lowest BCUT2D eigenvalue weighted by Gasteiger charge is -2.08. The number of aliphatic hydroxyl groups excluding tert-OH is 1. The van der Waals surface area contributed by atoms with Crippen molar-refractivity contribution < 1.29 is 5.11 Å². The number of aromatic nitrogens is 1. The Hall–Kier alpha value is -0.840. The van der Waals surface area contributed by atoms with Gasteiger partial charge in [-0.05, 0) is 12.5 Å². The minimum Gasteiger partial charge on any atom is -0.388 e. The molecule has 1 aromatic carbocycles. The highest BCUT2D eigenvalue weighted by Crippen LogP contribution is 2.26. The van der Waals surface area contributed by atoms with Gasteiger partial charge in [0.2, 0.25) is 0 Å². The van der Waals surface area contributed by atoms with Crippen molar-refractivity contribution in [2.75, 3.05) is 5.75 Å². The van der Waals surface area contributed by atoms with Gasteiger partial charge in [0, 0.05) is 16.8 Å². The van der Waals surface area contributed by atoms with Gasteiger partial charge in [-0.1, -0.05) is 42.1 Å². The van der Waals surface area contributed by atoms with Gasteiger partial charge in [0.25, 0.3) is 0 Å². The predicted octanol–water partition coefficient (Wildman–Crippen LogP) is 3.28. The second kappa shape index (κ2) is 5.48. The molecule has 4 heteroatoms. The molecular formula is C12H13NOS2. The summed E-state index contributed by atoms with van der Waals surface area (Å²) in [6.07, 6.45) is -0.421. The number of nitrogens with zero attached hydrogens (tertiary/aromatic N) is 1. The Bertz CT molecular complexity index is 441. The smallest absolute Gasteiger partial charge is 0.150 e. The molecule has 0 fully saturated rings. The average molecular weight is 251 g/mol. The van der Waals surface area contributed by atoms with Crippen LogP contribution >= 0.6 is 23.1 Å². The van der Waals surface area contributed by atoms with Crippen LogP contribution in [0.25, 0.3) is 0 Å². The summed E-state index contributed by atoms with van der Waals surface area (Å²) in [5, 5.41) is 12.0. The number of hydrogen-bond donors (Lipinski definition) is 1. The summed E-state index contributed by atoms with van der Waals surface area (Å²) in [6, 6.07) is 9.72. The fourth-order valence-corrected chi connectivity index (χ4v) is 3.16. The van der Waals surface area contributed by atoms with E-state index in [0.29, 0.717) is 5.75 Å². The van der Waals surface area contributed by atoms with Gasteiger partial charge in [0.15, 0.2) is 0 Å². The average Bonchev–Trinajstić information content (AvgIpc) is 2.73. The summed E-state index contributed by atoms with van der Waals surface area (Å²) in [5.74, 6) is 0.650. The highest BCUT2D eigenvalue weighted by Gasteiger charge is 2.08. The van der Waals surface area contributed by atoms with Crippen molar-refractivity contribution in [1.29, 1.82) is 0 Å². The third-order valence-corrected chi connectivity index (χ3v) is 4.36. The summed E-state index contributed by atoms with van der Waals surface area (Å²) in [6.45, 7) is 1.98. The van der Waals surface area contributed by atoms with Gasteiger partial charge >= 0.3 is 0 Å². The Morgan fingerprint density at radius 2 is 2.12 bits per heavy atom. The maximum absolute atomic E-state index is 9.94. The normalized spacial score (nSPS) is 12.6. The zero-order chi connectivity index (χ0) is 11.4. The van der Waals surface area contributed by atoms with Crippen LogP contribution in [0.3, 0.4) is 0 Å². The van der Waals surface area contributed by atoms with E-state index in [1.807, 2.05) is 42.6 Å². The minimum atomic E-state index is -0.421. The molecular weight excluding hydrogens is 238 g/mol. The van der Waals surface area contributed by atoms with Crippen LogP contribution in [0.5, 0.6) is 0 Å². The largest absolute Gasteiger partial charge is 0.388 e. The molecule has 0 saturated heterocycles. The molecule has 1 heterocycles. The van der Waals surface area contributed by atoms with E-state index in [1.54, 1.807) is 23.1 Å². The third kappa shape index (κ3) is 3.07. The van der Waals surface area contributed by atoms with Crippen molar-refractivity contribution >= 4 is 23.1 Å². The van der Waals surface area contributed by atoms with Crippen LogP contribution in [-0.4, -0.2) is 15.8 Å². The molecule has 1 atom stereocenters. The van der Waals surface area contributed by atoms with Crippen LogP contribution < -0.4 is 0 Å². The van der Waals surface area contributed by atoms with Crippen LogP contribution in [0.2, 0.25) is 0 Å². The third-order valence-electron chi connectivity index (χ3n) is 2.15. The van der Waals surface area contributed by atoms with Crippen molar-refractivity contribution in [3.63, 3.8) is 0 Å². The molecule has 0 spiro atoms. The maximum Gasteiger partial charge on any atom is 0.150 e. The van der Waals surface area contributed by atoms with Gasteiger partial charge in [-0.3, -0.25) is 0 Å². The number of hydrogen-bond acceptors (Lipinski definition) is 4.